The summed E-state index contributed by atoms with van der Waals surface area (Å²) in [5, 5.41) is 1.70. The second kappa shape index (κ2) is 5.54. The number of hydrogen-bond donors (Lipinski definition) is 0. The summed E-state index contributed by atoms with van der Waals surface area (Å²) in [7, 11) is -3.73. The van der Waals surface area contributed by atoms with Crippen LogP contribution in [0.15, 0.2) is 45.8 Å². The maximum absolute atomic E-state index is 13.2. The monoisotopic (exact) mass is 389 g/mol. The first-order chi connectivity index (χ1) is 10.3. The molecule has 2 aromatic carbocycles. The lowest BCUT2D eigenvalue weighted by Crippen LogP contribution is -2.42. The summed E-state index contributed by atoms with van der Waals surface area (Å²) in [6.45, 7) is -0.294. The van der Waals surface area contributed by atoms with Crippen LogP contribution in [0.3, 0.4) is 0 Å². The largest absolute Gasteiger partial charge is 0.250 e. The number of halogens is 3. The van der Waals surface area contributed by atoms with Gasteiger partial charge in [-0.15, -0.1) is 0 Å². The Balaban J connectivity index is 1.96. The van der Waals surface area contributed by atoms with Crippen LogP contribution in [0.5, 0.6) is 0 Å². The molecule has 0 aromatic heterocycles. The molecule has 1 saturated heterocycles. The van der Waals surface area contributed by atoms with Crippen LogP contribution in [0.1, 0.15) is 12.8 Å². The predicted molar refractivity (Wildman–Crippen MR) is 84.6 cm³/mol. The first-order valence-corrected chi connectivity index (χ1v) is 9.09. The van der Waals surface area contributed by atoms with E-state index in [1.807, 2.05) is 18.2 Å². The summed E-state index contributed by atoms with van der Waals surface area (Å²) >= 11 is 3.42. The van der Waals surface area contributed by atoms with Crippen molar-refractivity contribution in [3.63, 3.8) is 0 Å². The fourth-order valence-corrected chi connectivity index (χ4v) is 4.58. The highest BCUT2D eigenvalue weighted by atomic mass is 79.9. The zero-order chi connectivity index (χ0) is 16.0. The Kier molecular flexibility index (Phi) is 3.99. The van der Waals surface area contributed by atoms with Crippen molar-refractivity contribution < 1.29 is 17.2 Å². The molecule has 1 fully saturated rings. The zero-order valence-electron chi connectivity index (χ0n) is 11.6. The number of hydrogen-bond acceptors (Lipinski definition) is 2. The van der Waals surface area contributed by atoms with E-state index in [4.69, 9.17) is 0 Å². The number of sulfonamides is 1. The summed E-state index contributed by atoms with van der Waals surface area (Å²) in [6, 6.07) is 10.4. The topological polar surface area (TPSA) is 37.4 Å². The molecule has 0 bridgehead atoms. The van der Waals surface area contributed by atoms with E-state index >= 15 is 0 Å². The lowest BCUT2D eigenvalue weighted by molar-refractivity contribution is -0.0412. The van der Waals surface area contributed by atoms with E-state index in [1.165, 1.54) is 6.07 Å². The van der Waals surface area contributed by atoms with Crippen LogP contribution in [0.4, 0.5) is 8.78 Å². The van der Waals surface area contributed by atoms with Gasteiger partial charge in [-0.2, -0.15) is 4.31 Å². The molecule has 0 N–H and O–H groups in total. The first kappa shape index (κ1) is 15.8. The average Bonchev–Trinajstić information content (AvgIpc) is 2.46. The van der Waals surface area contributed by atoms with E-state index < -0.39 is 28.8 Å². The first-order valence-electron chi connectivity index (χ1n) is 6.86. The number of rotatable bonds is 2. The Hall–Kier alpha value is -1.05. The highest BCUT2D eigenvalue weighted by Crippen LogP contribution is 2.32. The molecule has 0 saturated carbocycles. The molecule has 0 spiro atoms. The van der Waals surface area contributed by atoms with Gasteiger partial charge in [0.2, 0.25) is 10.0 Å². The van der Waals surface area contributed by atoms with Gasteiger partial charge in [-0.1, -0.05) is 34.1 Å². The molecule has 0 radical (unpaired) electrons. The molecule has 1 heterocycles. The Morgan fingerprint density at radius 3 is 2.45 bits per heavy atom. The third-order valence-corrected chi connectivity index (χ3v) is 6.48. The number of benzene rings is 2. The van der Waals surface area contributed by atoms with Gasteiger partial charge < -0.3 is 0 Å². The maximum Gasteiger partial charge on any atom is 0.250 e. The molecule has 22 heavy (non-hydrogen) atoms. The number of piperidine rings is 1. The fourth-order valence-electron chi connectivity index (χ4n) is 2.59. The minimum Gasteiger partial charge on any atom is -0.207 e. The van der Waals surface area contributed by atoms with Crippen LogP contribution >= 0.6 is 15.9 Å². The van der Waals surface area contributed by atoms with Crippen LogP contribution in [0.2, 0.25) is 0 Å². The summed E-state index contributed by atoms with van der Waals surface area (Å²) in [5.74, 6) is -2.76. The second-order valence-corrected chi connectivity index (χ2v) is 8.18. The molecule has 0 atom stereocenters. The molecule has 1 aliphatic heterocycles. The predicted octanol–water partition coefficient (Wildman–Crippen LogP) is 4.02. The summed E-state index contributed by atoms with van der Waals surface area (Å²) < 4.78 is 53.6. The molecule has 118 valence electrons. The van der Waals surface area contributed by atoms with Crippen LogP contribution in [0.25, 0.3) is 10.8 Å². The van der Waals surface area contributed by atoms with Crippen molar-refractivity contribution in [2.45, 2.75) is 23.7 Å². The summed E-state index contributed by atoms with van der Waals surface area (Å²) in [4.78, 5) is 0.142. The molecule has 0 amide bonds. The molecule has 0 unspecified atom stereocenters. The van der Waals surface area contributed by atoms with E-state index in [1.54, 1.807) is 12.1 Å². The number of fused-ring (bicyclic) bond motifs is 1. The third kappa shape index (κ3) is 2.89. The standard InChI is InChI=1S/C15H14BrF2NO2S/c16-14-3-1-2-11-10-12(4-5-13(11)14)22(20,21)19-8-6-15(17,18)7-9-19/h1-5,10H,6-9H2. The van der Waals surface area contributed by atoms with Crippen molar-refractivity contribution in [1.29, 1.82) is 0 Å². The molecule has 7 heteroatoms. The van der Waals surface area contributed by atoms with Gasteiger partial charge in [-0.25, -0.2) is 17.2 Å². The van der Waals surface area contributed by atoms with Crippen LogP contribution in [0, 0.1) is 0 Å². The van der Waals surface area contributed by atoms with Gasteiger partial charge in [-0.05, 0) is 29.0 Å². The van der Waals surface area contributed by atoms with Crippen molar-refractivity contribution in [3.05, 3.63) is 40.9 Å². The quantitative estimate of drug-likeness (QED) is 0.777. The fraction of sp³-hybridized carbons (Fsp3) is 0.333. The van der Waals surface area contributed by atoms with Crippen molar-refractivity contribution in [2.24, 2.45) is 0 Å². The third-order valence-electron chi connectivity index (χ3n) is 3.89. The van der Waals surface area contributed by atoms with Crippen molar-refractivity contribution >= 4 is 36.7 Å². The normalized spacial score (nSPS) is 19.4. The van der Waals surface area contributed by atoms with Gasteiger partial charge in [-0.3, -0.25) is 0 Å². The Labute approximate surface area is 136 Å². The lowest BCUT2D eigenvalue weighted by Gasteiger charge is -2.30. The van der Waals surface area contributed by atoms with E-state index in [0.717, 1.165) is 19.6 Å². The van der Waals surface area contributed by atoms with Gasteiger partial charge in [0.15, 0.2) is 0 Å². The highest BCUT2D eigenvalue weighted by Gasteiger charge is 2.38. The van der Waals surface area contributed by atoms with Crippen molar-refractivity contribution in [3.8, 4) is 0 Å². The van der Waals surface area contributed by atoms with Crippen LogP contribution < -0.4 is 0 Å². The molecular formula is C15H14BrF2NO2S. The van der Waals surface area contributed by atoms with Crippen LogP contribution in [-0.2, 0) is 10.0 Å². The maximum atomic E-state index is 13.2. The Morgan fingerprint density at radius 1 is 1.09 bits per heavy atom. The highest BCUT2D eigenvalue weighted by molar-refractivity contribution is 9.10. The van der Waals surface area contributed by atoms with E-state index in [0.29, 0.717) is 0 Å². The Morgan fingerprint density at radius 2 is 1.77 bits per heavy atom. The zero-order valence-corrected chi connectivity index (χ0v) is 14.0. The van der Waals surface area contributed by atoms with Crippen molar-refractivity contribution in [1.82, 2.24) is 4.31 Å². The molecule has 2 aromatic rings. The molecule has 3 nitrogen and oxygen atoms in total. The van der Waals surface area contributed by atoms with Gasteiger partial charge >= 0.3 is 0 Å². The number of nitrogens with zero attached hydrogens (tertiary/aromatic N) is 1. The van der Waals surface area contributed by atoms with Gasteiger partial charge in [0.05, 0.1) is 4.90 Å². The van der Waals surface area contributed by atoms with E-state index in [-0.39, 0.29) is 18.0 Å². The van der Waals surface area contributed by atoms with Crippen molar-refractivity contribution in [2.75, 3.05) is 13.1 Å². The smallest absolute Gasteiger partial charge is 0.207 e. The van der Waals surface area contributed by atoms with Gasteiger partial charge in [0, 0.05) is 30.4 Å². The molecule has 3 rings (SSSR count). The average molecular weight is 390 g/mol. The summed E-state index contributed by atoms with van der Waals surface area (Å²) in [5.41, 5.74) is 0. The van der Waals surface area contributed by atoms with Gasteiger partial charge in [0.25, 0.3) is 5.92 Å². The minimum atomic E-state index is -3.73. The molecular weight excluding hydrogens is 376 g/mol. The Bertz CT molecular complexity index is 813. The second-order valence-electron chi connectivity index (χ2n) is 5.38. The minimum absolute atomic E-state index is 0.142. The van der Waals surface area contributed by atoms with Crippen LogP contribution in [-0.4, -0.2) is 31.7 Å². The SMILES string of the molecule is O=S(=O)(c1ccc2c(Br)cccc2c1)N1CCC(F)(F)CC1. The molecule has 1 aliphatic rings. The van der Waals surface area contributed by atoms with E-state index in [2.05, 4.69) is 15.9 Å². The lowest BCUT2D eigenvalue weighted by atomic mass is 10.1. The number of alkyl halides is 2. The summed E-state index contributed by atoms with van der Waals surface area (Å²) in [6.07, 6.45) is -0.850. The molecule has 0 aliphatic carbocycles. The van der Waals surface area contributed by atoms with Gasteiger partial charge in [0.1, 0.15) is 0 Å². The van der Waals surface area contributed by atoms with E-state index in [9.17, 15) is 17.2 Å².